The molecule has 0 saturated carbocycles. The molecular weight excluding hydrogens is 250 g/mol. The van der Waals surface area contributed by atoms with Gasteiger partial charge in [-0.2, -0.15) is 0 Å². The van der Waals surface area contributed by atoms with E-state index in [1.807, 2.05) is 0 Å². The molecule has 82 valence electrons. The quantitative estimate of drug-likeness (QED) is 0.761. The first-order chi connectivity index (χ1) is 7.34. The van der Waals surface area contributed by atoms with Crippen LogP contribution >= 0.6 is 15.9 Å². The summed E-state index contributed by atoms with van der Waals surface area (Å²) in [7, 11) is 0. The van der Waals surface area contributed by atoms with Crippen molar-refractivity contribution in [2.45, 2.75) is 24.1 Å². The van der Waals surface area contributed by atoms with Crippen molar-refractivity contribution >= 4 is 15.9 Å². The molecular formula is C13H18BrN. The second-order valence-corrected chi connectivity index (χ2v) is 5.55. The molecule has 1 heterocycles. The molecule has 0 atom stereocenters. The highest BCUT2D eigenvalue weighted by molar-refractivity contribution is 9.09. The highest BCUT2D eigenvalue weighted by Crippen LogP contribution is 2.17. The summed E-state index contributed by atoms with van der Waals surface area (Å²) in [6.07, 6.45) is 3.79. The van der Waals surface area contributed by atoms with Gasteiger partial charge in [-0.25, -0.2) is 0 Å². The van der Waals surface area contributed by atoms with Gasteiger partial charge in [0.05, 0.1) is 0 Å². The number of halogens is 1. The Morgan fingerprint density at radius 2 is 1.80 bits per heavy atom. The van der Waals surface area contributed by atoms with E-state index in [1.54, 1.807) is 0 Å². The second-order valence-electron chi connectivity index (χ2n) is 4.25. The van der Waals surface area contributed by atoms with Gasteiger partial charge in [-0.1, -0.05) is 46.3 Å². The minimum absolute atomic E-state index is 0.755. The maximum Gasteiger partial charge on any atom is 0.0170 e. The lowest BCUT2D eigenvalue weighted by molar-refractivity contribution is 0.237. The van der Waals surface area contributed by atoms with Crippen LogP contribution in [0.25, 0.3) is 0 Å². The molecule has 0 amide bonds. The van der Waals surface area contributed by atoms with Gasteiger partial charge in [0.1, 0.15) is 0 Å². The fraction of sp³-hybridized carbons (Fsp3) is 0.538. The molecule has 15 heavy (non-hydrogen) atoms. The Kier molecular flexibility index (Phi) is 4.21. The van der Waals surface area contributed by atoms with E-state index in [4.69, 9.17) is 0 Å². The summed E-state index contributed by atoms with van der Waals surface area (Å²) in [6, 6.07) is 10.8. The lowest BCUT2D eigenvalue weighted by Gasteiger charge is -2.29. The molecule has 0 bridgehead atoms. The number of alkyl halides is 1. The Hall–Kier alpha value is -0.340. The number of hydrogen-bond acceptors (Lipinski definition) is 1. The molecule has 2 rings (SSSR count). The smallest absolute Gasteiger partial charge is 0.0170 e. The summed E-state index contributed by atoms with van der Waals surface area (Å²) in [5.41, 5.74) is 1.46. The first-order valence-corrected chi connectivity index (χ1v) is 6.66. The number of rotatable bonds is 3. The Morgan fingerprint density at radius 3 is 2.47 bits per heavy atom. The van der Waals surface area contributed by atoms with E-state index in [-0.39, 0.29) is 0 Å². The lowest BCUT2D eigenvalue weighted by atomic mass is 10.1. The largest absolute Gasteiger partial charge is 0.303 e. The highest BCUT2D eigenvalue weighted by atomic mass is 79.9. The third kappa shape index (κ3) is 3.62. The molecule has 0 N–H and O–H groups in total. The highest BCUT2D eigenvalue weighted by Gasteiger charge is 2.15. The first-order valence-electron chi connectivity index (χ1n) is 5.75. The molecule has 0 aliphatic carbocycles. The first kappa shape index (κ1) is 11.2. The Bertz CT molecular complexity index is 278. The zero-order valence-electron chi connectivity index (χ0n) is 9.03. The van der Waals surface area contributed by atoms with Gasteiger partial charge in [-0.15, -0.1) is 0 Å². The van der Waals surface area contributed by atoms with E-state index in [1.165, 1.54) is 44.5 Å². The monoisotopic (exact) mass is 267 g/mol. The summed E-state index contributed by atoms with van der Waals surface area (Å²) in [6.45, 7) is 3.72. The average Bonchev–Trinajstić information content (AvgIpc) is 2.30. The molecule has 0 radical (unpaired) electrons. The van der Waals surface area contributed by atoms with Gasteiger partial charge in [-0.05, 0) is 37.9 Å². The molecule has 1 saturated heterocycles. The third-order valence-corrected chi connectivity index (χ3v) is 3.99. The van der Waals surface area contributed by atoms with Crippen LogP contribution in [-0.2, 0) is 6.42 Å². The van der Waals surface area contributed by atoms with Crippen molar-refractivity contribution < 1.29 is 0 Å². The number of nitrogens with zero attached hydrogens (tertiary/aromatic N) is 1. The number of likely N-dealkylation sites (tertiary alicyclic amines) is 1. The molecule has 2 heteroatoms. The van der Waals surface area contributed by atoms with Crippen LogP contribution in [0.1, 0.15) is 18.4 Å². The number of piperidine rings is 1. The molecule has 1 aromatic rings. The van der Waals surface area contributed by atoms with Crippen LogP contribution in [0.3, 0.4) is 0 Å². The van der Waals surface area contributed by atoms with Crippen LogP contribution in [0.2, 0.25) is 0 Å². The molecule has 0 spiro atoms. The molecule has 1 fully saturated rings. The Labute approximate surface area is 101 Å². The van der Waals surface area contributed by atoms with Crippen LogP contribution in [0.4, 0.5) is 0 Å². The Balaban J connectivity index is 1.74. The van der Waals surface area contributed by atoms with E-state index in [0.29, 0.717) is 0 Å². The number of hydrogen-bond donors (Lipinski definition) is 0. The van der Waals surface area contributed by atoms with Crippen LogP contribution in [0, 0.1) is 0 Å². The van der Waals surface area contributed by atoms with Crippen molar-refractivity contribution in [3.8, 4) is 0 Å². The van der Waals surface area contributed by atoms with Crippen LogP contribution in [-0.4, -0.2) is 29.4 Å². The summed E-state index contributed by atoms with van der Waals surface area (Å²) < 4.78 is 0. The summed E-state index contributed by atoms with van der Waals surface area (Å²) >= 11 is 3.69. The number of benzene rings is 1. The minimum Gasteiger partial charge on any atom is -0.303 e. The van der Waals surface area contributed by atoms with Crippen molar-refractivity contribution in [1.82, 2.24) is 4.90 Å². The van der Waals surface area contributed by atoms with E-state index < -0.39 is 0 Å². The topological polar surface area (TPSA) is 3.24 Å². The molecule has 1 aliphatic heterocycles. The normalized spacial score (nSPS) is 19.3. The third-order valence-electron chi connectivity index (χ3n) is 3.08. The average molecular weight is 268 g/mol. The lowest BCUT2D eigenvalue weighted by Crippen LogP contribution is -2.35. The van der Waals surface area contributed by atoms with Gasteiger partial charge in [0.2, 0.25) is 0 Å². The molecule has 1 aliphatic rings. The van der Waals surface area contributed by atoms with Crippen molar-refractivity contribution in [3.63, 3.8) is 0 Å². The summed E-state index contributed by atoms with van der Waals surface area (Å²) in [5, 5.41) is 0. The van der Waals surface area contributed by atoms with E-state index in [0.717, 1.165) is 4.83 Å². The van der Waals surface area contributed by atoms with Gasteiger partial charge in [0.15, 0.2) is 0 Å². The van der Waals surface area contributed by atoms with Crippen LogP contribution in [0.15, 0.2) is 30.3 Å². The van der Waals surface area contributed by atoms with Crippen molar-refractivity contribution in [3.05, 3.63) is 35.9 Å². The standard InChI is InChI=1S/C13H18BrN/c14-13-7-10-15(11-8-13)9-6-12-4-2-1-3-5-12/h1-5,13H,6-11H2. The van der Waals surface area contributed by atoms with Crippen LogP contribution < -0.4 is 0 Å². The zero-order chi connectivity index (χ0) is 10.5. The van der Waals surface area contributed by atoms with E-state index in [2.05, 4.69) is 51.2 Å². The van der Waals surface area contributed by atoms with Crippen LogP contribution in [0.5, 0.6) is 0 Å². The molecule has 0 aromatic heterocycles. The second kappa shape index (κ2) is 5.66. The van der Waals surface area contributed by atoms with Gasteiger partial charge in [0.25, 0.3) is 0 Å². The predicted octanol–water partition coefficient (Wildman–Crippen LogP) is 3.09. The maximum atomic E-state index is 3.69. The van der Waals surface area contributed by atoms with Crippen molar-refractivity contribution in [1.29, 1.82) is 0 Å². The fourth-order valence-electron chi connectivity index (χ4n) is 2.06. The zero-order valence-corrected chi connectivity index (χ0v) is 10.6. The van der Waals surface area contributed by atoms with Gasteiger partial charge in [-0.3, -0.25) is 0 Å². The molecule has 1 aromatic carbocycles. The fourth-order valence-corrected chi connectivity index (χ4v) is 2.47. The maximum absolute atomic E-state index is 3.69. The van der Waals surface area contributed by atoms with Gasteiger partial charge in [0, 0.05) is 11.4 Å². The van der Waals surface area contributed by atoms with Crippen molar-refractivity contribution in [2.24, 2.45) is 0 Å². The van der Waals surface area contributed by atoms with E-state index in [9.17, 15) is 0 Å². The minimum atomic E-state index is 0.755. The summed E-state index contributed by atoms with van der Waals surface area (Å²) in [4.78, 5) is 3.33. The molecule has 0 unspecified atom stereocenters. The predicted molar refractivity (Wildman–Crippen MR) is 68.5 cm³/mol. The van der Waals surface area contributed by atoms with Crippen molar-refractivity contribution in [2.75, 3.05) is 19.6 Å². The van der Waals surface area contributed by atoms with Gasteiger partial charge < -0.3 is 4.90 Å². The van der Waals surface area contributed by atoms with E-state index >= 15 is 0 Å². The van der Waals surface area contributed by atoms with Gasteiger partial charge >= 0.3 is 0 Å². The summed E-state index contributed by atoms with van der Waals surface area (Å²) in [5.74, 6) is 0. The SMILES string of the molecule is BrC1CCN(CCc2ccccc2)CC1. The molecule has 1 nitrogen and oxygen atoms in total. The Morgan fingerprint density at radius 1 is 1.13 bits per heavy atom.